The number of morpholine rings is 1. The maximum Gasteiger partial charge on any atom is 0.296 e. The van der Waals surface area contributed by atoms with E-state index in [0.29, 0.717) is 54.9 Å². The fourth-order valence-corrected chi connectivity index (χ4v) is 6.22. The average Bonchev–Trinajstić information content (AvgIpc) is 3.55. The number of amides is 1. The molecule has 12 heteroatoms. The Morgan fingerprint density at radius 1 is 1.00 bits per heavy atom. The van der Waals surface area contributed by atoms with Crippen LogP contribution in [0.1, 0.15) is 44.4 Å². The first-order valence-corrected chi connectivity index (χ1v) is 14.1. The standard InChI is InChI=1S/C28H36F2N8O2/c1-35(2)22-11-12-37(27(22)39)19-9-7-18(8-10-19)31-23-17-24(34-28(33-23)36-13-15-40-16-14-36)38-21-6-4-3-5-20(21)32-26(38)25(29)30/h3-6,17-19,22,25H,7-16H2,1-2H3,(H,31,33,34). The summed E-state index contributed by atoms with van der Waals surface area (Å²) in [5.41, 5.74) is 1.06. The smallest absolute Gasteiger partial charge is 0.296 e. The molecule has 2 aliphatic heterocycles. The number of carbonyl (C=O) groups is 1. The molecule has 0 spiro atoms. The number of fused-ring (bicyclic) bond motifs is 1. The quantitative estimate of drug-likeness (QED) is 0.475. The molecular weight excluding hydrogens is 518 g/mol. The summed E-state index contributed by atoms with van der Waals surface area (Å²) < 4.78 is 35.2. The zero-order chi connectivity index (χ0) is 27.8. The highest BCUT2D eigenvalue weighted by Gasteiger charge is 2.38. The van der Waals surface area contributed by atoms with Gasteiger partial charge in [0.2, 0.25) is 11.9 Å². The molecule has 1 N–H and O–H groups in total. The van der Waals surface area contributed by atoms with Gasteiger partial charge in [-0.1, -0.05) is 12.1 Å². The summed E-state index contributed by atoms with van der Waals surface area (Å²) in [5.74, 6) is 1.32. The van der Waals surface area contributed by atoms with E-state index in [1.54, 1.807) is 24.3 Å². The normalized spacial score (nSPS) is 24.1. The molecule has 214 valence electrons. The molecule has 0 radical (unpaired) electrons. The second-order valence-corrected chi connectivity index (χ2v) is 11.1. The molecule has 1 saturated carbocycles. The number of halogens is 2. The van der Waals surface area contributed by atoms with Gasteiger partial charge in [0, 0.05) is 37.8 Å². The molecule has 3 fully saturated rings. The second kappa shape index (κ2) is 11.2. The number of anilines is 2. The number of nitrogens with zero attached hydrogens (tertiary/aromatic N) is 7. The second-order valence-electron chi connectivity index (χ2n) is 11.1. The van der Waals surface area contributed by atoms with Crippen molar-refractivity contribution in [3.63, 3.8) is 0 Å². The Morgan fingerprint density at radius 2 is 1.75 bits per heavy atom. The molecule has 40 heavy (non-hydrogen) atoms. The van der Waals surface area contributed by atoms with Gasteiger partial charge in [0.05, 0.1) is 30.3 Å². The molecule has 1 aliphatic carbocycles. The lowest BCUT2D eigenvalue weighted by molar-refractivity contribution is -0.133. The first-order valence-electron chi connectivity index (χ1n) is 14.1. The molecule has 1 aromatic carbocycles. The first kappa shape index (κ1) is 26.8. The number of nitrogens with one attached hydrogen (secondary N) is 1. The number of likely N-dealkylation sites (N-methyl/N-ethyl adjacent to an activating group) is 1. The highest BCUT2D eigenvalue weighted by molar-refractivity contribution is 5.84. The van der Waals surface area contributed by atoms with Crippen LogP contribution >= 0.6 is 0 Å². The largest absolute Gasteiger partial charge is 0.378 e. The van der Waals surface area contributed by atoms with Crippen LogP contribution in [0.4, 0.5) is 20.5 Å². The Hall–Kier alpha value is -3.38. The van der Waals surface area contributed by atoms with Gasteiger partial charge in [0.1, 0.15) is 11.6 Å². The monoisotopic (exact) mass is 554 g/mol. The van der Waals surface area contributed by atoms with Crippen molar-refractivity contribution in [1.82, 2.24) is 29.3 Å². The molecule has 4 heterocycles. The van der Waals surface area contributed by atoms with E-state index in [0.717, 1.165) is 38.6 Å². The third-order valence-corrected chi connectivity index (χ3v) is 8.33. The van der Waals surface area contributed by atoms with Crippen LogP contribution in [0.2, 0.25) is 0 Å². The Labute approximate surface area is 232 Å². The lowest BCUT2D eigenvalue weighted by Crippen LogP contribution is -2.45. The van der Waals surface area contributed by atoms with Gasteiger partial charge in [-0.15, -0.1) is 0 Å². The number of carbonyl (C=O) groups excluding carboxylic acids is 1. The molecule has 0 bridgehead atoms. The van der Waals surface area contributed by atoms with Crippen LogP contribution in [0.15, 0.2) is 30.3 Å². The molecule has 1 unspecified atom stereocenters. The van der Waals surface area contributed by atoms with Crippen molar-refractivity contribution in [1.29, 1.82) is 0 Å². The van der Waals surface area contributed by atoms with Gasteiger partial charge in [0.15, 0.2) is 5.82 Å². The van der Waals surface area contributed by atoms with Crippen LogP contribution in [-0.4, -0.2) is 100 Å². The lowest BCUT2D eigenvalue weighted by atomic mass is 9.90. The Morgan fingerprint density at radius 3 is 2.45 bits per heavy atom. The van der Waals surface area contributed by atoms with Crippen molar-refractivity contribution in [2.24, 2.45) is 0 Å². The van der Waals surface area contributed by atoms with Crippen molar-refractivity contribution in [3.05, 3.63) is 36.2 Å². The molecule has 2 aromatic heterocycles. The number of rotatable bonds is 7. The zero-order valence-corrected chi connectivity index (χ0v) is 23.0. The highest BCUT2D eigenvalue weighted by atomic mass is 19.3. The van der Waals surface area contributed by atoms with Crippen LogP contribution < -0.4 is 10.2 Å². The lowest BCUT2D eigenvalue weighted by Gasteiger charge is -2.35. The summed E-state index contributed by atoms with van der Waals surface area (Å²) in [6.07, 6.45) is 1.73. The van der Waals surface area contributed by atoms with Gasteiger partial charge in [-0.25, -0.2) is 13.8 Å². The number of imidazole rings is 1. The van der Waals surface area contributed by atoms with E-state index in [4.69, 9.17) is 14.7 Å². The third-order valence-electron chi connectivity index (χ3n) is 8.33. The topological polar surface area (TPSA) is 91.7 Å². The van der Waals surface area contributed by atoms with Crippen LogP contribution in [0.3, 0.4) is 0 Å². The van der Waals surface area contributed by atoms with Gasteiger partial charge in [0.25, 0.3) is 6.43 Å². The molecule has 1 amide bonds. The van der Waals surface area contributed by atoms with E-state index >= 15 is 0 Å². The number of ether oxygens (including phenoxy) is 1. The summed E-state index contributed by atoms with van der Waals surface area (Å²) in [6, 6.07) is 9.23. The Bertz CT molecular complexity index is 1350. The van der Waals surface area contributed by atoms with Gasteiger partial charge in [-0.3, -0.25) is 14.3 Å². The fraction of sp³-hybridized carbons (Fsp3) is 0.571. The van der Waals surface area contributed by atoms with Crippen molar-refractivity contribution in [3.8, 4) is 5.82 Å². The average molecular weight is 555 g/mol. The predicted molar refractivity (Wildman–Crippen MR) is 148 cm³/mol. The summed E-state index contributed by atoms with van der Waals surface area (Å²) in [5, 5.41) is 3.57. The maximum atomic E-state index is 14.1. The van der Waals surface area contributed by atoms with Crippen molar-refractivity contribution < 1.29 is 18.3 Å². The SMILES string of the molecule is CN(C)C1CCN(C2CCC(Nc3cc(-n4c(C(F)F)nc5ccccc54)nc(N4CCOCC4)n3)CC2)C1=O. The number of para-hydroxylation sites is 2. The maximum absolute atomic E-state index is 14.1. The number of aromatic nitrogens is 4. The highest BCUT2D eigenvalue weighted by Crippen LogP contribution is 2.32. The van der Waals surface area contributed by atoms with Crippen LogP contribution in [-0.2, 0) is 9.53 Å². The number of hydrogen-bond acceptors (Lipinski definition) is 8. The fourth-order valence-electron chi connectivity index (χ4n) is 6.22. The van der Waals surface area contributed by atoms with E-state index in [2.05, 4.69) is 15.2 Å². The number of benzene rings is 1. The summed E-state index contributed by atoms with van der Waals surface area (Å²) in [6.45, 7) is 3.17. The van der Waals surface area contributed by atoms with E-state index in [-0.39, 0.29) is 29.9 Å². The van der Waals surface area contributed by atoms with E-state index in [1.807, 2.05) is 30.0 Å². The molecule has 10 nitrogen and oxygen atoms in total. The van der Waals surface area contributed by atoms with Crippen molar-refractivity contribution >= 4 is 28.7 Å². The molecule has 3 aromatic rings. The summed E-state index contributed by atoms with van der Waals surface area (Å²) in [7, 11) is 3.93. The minimum absolute atomic E-state index is 0.0220. The van der Waals surface area contributed by atoms with Crippen molar-refractivity contribution in [2.45, 2.75) is 56.7 Å². The molecule has 1 atom stereocenters. The zero-order valence-electron chi connectivity index (χ0n) is 23.0. The van der Waals surface area contributed by atoms with Crippen LogP contribution in [0.5, 0.6) is 0 Å². The molecule has 2 saturated heterocycles. The van der Waals surface area contributed by atoms with Gasteiger partial charge < -0.3 is 19.9 Å². The number of likely N-dealkylation sites (tertiary alicyclic amines) is 1. The van der Waals surface area contributed by atoms with E-state index < -0.39 is 6.43 Å². The van der Waals surface area contributed by atoms with Crippen LogP contribution in [0.25, 0.3) is 16.9 Å². The summed E-state index contributed by atoms with van der Waals surface area (Å²) in [4.78, 5) is 32.8. The Balaban J connectivity index is 1.26. The summed E-state index contributed by atoms with van der Waals surface area (Å²) >= 11 is 0. The molecule has 6 rings (SSSR count). The molecule has 3 aliphatic rings. The van der Waals surface area contributed by atoms with E-state index in [9.17, 15) is 13.6 Å². The third kappa shape index (κ3) is 5.22. The molecular formula is C28H36F2N8O2. The minimum Gasteiger partial charge on any atom is -0.378 e. The van der Waals surface area contributed by atoms with Crippen molar-refractivity contribution in [2.75, 3.05) is 57.2 Å². The first-order chi connectivity index (χ1) is 19.4. The van der Waals surface area contributed by atoms with Crippen LogP contribution in [0, 0.1) is 0 Å². The Kier molecular flexibility index (Phi) is 7.54. The van der Waals surface area contributed by atoms with Gasteiger partial charge >= 0.3 is 0 Å². The van der Waals surface area contributed by atoms with Gasteiger partial charge in [-0.2, -0.15) is 9.97 Å². The predicted octanol–water partition coefficient (Wildman–Crippen LogP) is 3.48. The number of alkyl halides is 2. The van der Waals surface area contributed by atoms with E-state index in [1.165, 1.54) is 4.57 Å². The van der Waals surface area contributed by atoms with Gasteiger partial charge in [-0.05, 0) is 58.3 Å². The minimum atomic E-state index is -2.76. The number of hydrogen-bond donors (Lipinski definition) is 1.